The molecule has 2 amide bonds. The standard InChI is InChI=1S/C33H39FN4O4/c1-33(2,3)42-32(40)37-14-10-24(11-15-37)25-6-5-7-26(19-25)28-18-23(8-9-29(28)34)20-38(27-12-16-41-17-13-27)31(39)30-21-36(4)22-35-30/h5-10,18-19,21-22,27H,11-17,20H2,1-4H3. The monoisotopic (exact) mass is 574 g/mol. The van der Waals surface area contributed by atoms with Crippen molar-refractivity contribution < 1.29 is 23.5 Å². The van der Waals surface area contributed by atoms with Crippen LogP contribution < -0.4 is 0 Å². The van der Waals surface area contributed by atoms with Crippen LogP contribution in [-0.2, 0) is 23.1 Å². The summed E-state index contributed by atoms with van der Waals surface area (Å²) in [5.74, 6) is -0.460. The number of imidazole rings is 1. The molecule has 0 unspecified atom stereocenters. The first-order valence-electron chi connectivity index (χ1n) is 14.5. The van der Waals surface area contributed by atoms with Crippen LogP contribution in [-0.4, -0.2) is 69.3 Å². The van der Waals surface area contributed by atoms with Crippen molar-refractivity contribution in [2.45, 2.75) is 58.2 Å². The molecule has 0 aliphatic carbocycles. The molecule has 1 aromatic heterocycles. The minimum Gasteiger partial charge on any atom is -0.444 e. The topological polar surface area (TPSA) is 76.9 Å². The number of rotatable bonds is 6. The van der Waals surface area contributed by atoms with Crippen LogP contribution in [0.3, 0.4) is 0 Å². The normalized spacial score (nSPS) is 16.2. The lowest BCUT2D eigenvalue weighted by molar-refractivity contribution is 0.0259. The first-order chi connectivity index (χ1) is 20.1. The van der Waals surface area contributed by atoms with E-state index in [1.54, 1.807) is 28.1 Å². The molecule has 2 aliphatic heterocycles. The third kappa shape index (κ3) is 7.07. The van der Waals surface area contributed by atoms with Crippen LogP contribution in [0.15, 0.2) is 61.1 Å². The fraction of sp³-hybridized carbons (Fsp3) is 0.424. The Labute approximate surface area is 246 Å². The number of carbonyl (C=O) groups is 2. The molecule has 3 aromatic rings. The van der Waals surface area contributed by atoms with Crippen LogP contribution in [0, 0.1) is 5.82 Å². The van der Waals surface area contributed by atoms with E-state index in [0.29, 0.717) is 50.5 Å². The lowest BCUT2D eigenvalue weighted by Crippen LogP contribution is -2.43. The zero-order valence-corrected chi connectivity index (χ0v) is 24.8. The van der Waals surface area contributed by atoms with Gasteiger partial charge in [-0.2, -0.15) is 0 Å². The van der Waals surface area contributed by atoms with Gasteiger partial charge in [0.05, 0.1) is 6.33 Å². The van der Waals surface area contributed by atoms with E-state index in [2.05, 4.69) is 4.98 Å². The quantitative estimate of drug-likeness (QED) is 0.357. The van der Waals surface area contributed by atoms with Crippen LogP contribution in [0.2, 0.25) is 0 Å². The van der Waals surface area contributed by atoms with Crippen molar-refractivity contribution >= 4 is 17.6 Å². The predicted octanol–water partition coefficient (Wildman–Crippen LogP) is 6.07. The summed E-state index contributed by atoms with van der Waals surface area (Å²) in [5, 5.41) is 0. The van der Waals surface area contributed by atoms with Crippen molar-refractivity contribution in [2.75, 3.05) is 26.3 Å². The molecule has 222 valence electrons. The average Bonchev–Trinajstić information content (AvgIpc) is 3.42. The molecule has 0 N–H and O–H groups in total. The highest BCUT2D eigenvalue weighted by Gasteiger charge is 2.29. The van der Waals surface area contributed by atoms with Gasteiger partial charge in [-0.25, -0.2) is 14.2 Å². The highest BCUT2D eigenvalue weighted by Crippen LogP contribution is 2.31. The number of ether oxygens (including phenoxy) is 2. The highest BCUT2D eigenvalue weighted by atomic mass is 19.1. The molecular weight excluding hydrogens is 535 g/mol. The minimum absolute atomic E-state index is 0.0172. The second-order valence-corrected chi connectivity index (χ2v) is 12.0. The van der Waals surface area contributed by atoms with Crippen molar-refractivity contribution in [1.29, 1.82) is 0 Å². The molecule has 0 spiro atoms. The van der Waals surface area contributed by atoms with Crippen LogP contribution in [0.5, 0.6) is 0 Å². The van der Waals surface area contributed by atoms with Gasteiger partial charge in [-0.1, -0.05) is 30.3 Å². The van der Waals surface area contributed by atoms with E-state index in [4.69, 9.17) is 9.47 Å². The number of benzene rings is 2. The molecule has 0 bridgehead atoms. The summed E-state index contributed by atoms with van der Waals surface area (Å²) in [4.78, 5) is 33.8. The Hall–Kier alpha value is -3.98. The molecule has 3 heterocycles. The van der Waals surface area contributed by atoms with Crippen LogP contribution in [0.25, 0.3) is 16.7 Å². The van der Waals surface area contributed by atoms with E-state index < -0.39 is 5.60 Å². The summed E-state index contributed by atoms with van der Waals surface area (Å²) in [6.45, 7) is 8.14. The maximum absolute atomic E-state index is 15.2. The number of nitrogens with zero attached hydrogens (tertiary/aromatic N) is 4. The van der Waals surface area contributed by atoms with Crippen molar-refractivity contribution in [3.8, 4) is 11.1 Å². The van der Waals surface area contributed by atoms with Crippen LogP contribution in [0.1, 0.15) is 61.6 Å². The lowest BCUT2D eigenvalue weighted by Gasteiger charge is -2.34. The molecule has 1 saturated heterocycles. The van der Waals surface area contributed by atoms with Crippen LogP contribution in [0.4, 0.5) is 9.18 Å². The predicted molar refractivity (Wildman–Crippen MR) is 159 cm³/mol. The number of hydrogen-bond donors (Lipinski definition) is 0. The summed E-state index contributed by atoms with van der Waals surface area (Å²) in [6, 6.07) is 12.9. The lowest BCUT2D eigenvalue weighted by atomic mass is 9.94. The van der Waals surface area contributed by atoms with E-state index in [0.717, 1.165) is 35.1 Å². The van der Waals surface area contributed by atoms with Gasteiger partial charge in [0.25, 0.3) is 5.91 Å². The van der Waals surface area contributed by atoms with Crippen molar-refractivity contribution in [1.82, 2.24) is 19.4 Å². The summed E-state index contributed by atoms with van der Waals surface area (Å²) >= 11 is 0. The van der Waals surface area contributed by atoms with Crippen LogP contribution >= 0.6 is 0 Å². The number of hydrogen-bond acceptors (Lipinski definition) is 5. The molecule has 5 rings (SSSR count). The summed E-state index contributed by atoms with van der Waals surface area (Å²) in [5.41, 5.74) is 4.05. The third-order valence-corrected chi connectivity index (χ3v) is 7.61. The molecule has 0 atom stereocenters. The van der Waals surface area contributed by atoms with Gasteiger partial charge in [0, 0.05) is 57.7 Å². The highest BCUT2D eigenvalue weighted by molar-refractivity contribution is 5.92. The Balaban J connectivity index is 1.36. The Morgan fingerprint density at radius 3 is 2.55 bits per heavy atom. The Morgan fingerprint density at radius 2 is 1.88 bits per heavy atom. The number of halogens is 1. The van der Waals surface area contributed by atoms with E-state index in [1.165, 1.54) is 6.07 Å². The molecule has 1 fully saturated rings. The molecule has 8 nitrogen and oxygen atoms in total. The second kappa shape index (κ2) is 12.5. The first-order valence-corrected chi connectivity index (χ1v) is 14.5. The molecule has 9 heteroatoms. The number of aromatic nitrogens is 2. The molecular formula is C33H39FN4O4. The molecule has 2 aliphatic rings. The van der Waals surface area contributed by atoms with Gasteiger partial charge in [-0.15, -0.1) is 0 Å². The van der Waals surface area contributed by atoms with E-state index in [9.17, 15) is 9.59 Å². The van der Waals surface area contributed by atoms with Crippen molar-refractivity contribution in [3.63, 3.8) is 0 Å². The largest absolute Gasteiger partial charge is 0.444 e. The summed E-state index contributed by atoms with van der Waals surface area (Å²) in [6.07, 6.45) is 7.24. The van der Waals surface area contributed by atoms with E-state index in [-0.39, 0.29) is 23.9 Å². The van der Waals surface area contributed by atoms with Gasteiger partial charge >= 0.3 is 6.09 Å². The Bertz CT molecular complexity index is 1470. The van der Waals surface area contributed by atoms with Gasteiger partial charge in [0.2, 0.25) is 0 Å². The smallest absolute Gasteiger partial charge is 0.410 e. The number of aryl methyl sites for hydroxylation is 1. The van der Waals surface area contributed by atoms with Gasteiger partial charge in [-0.3, -0.25) is 4.79 Å². The summed E-state index contributed by atoms with van der Waals surface area (Å²) in [7, 11) is 1.84. The third-order valence-electron chi connectivity index (χ3n) is 7.61. The Kier molecular flexibility index (Phi) is 8.77. The molecule has 0 radical (unpaired) electrons. The maximum Gasteiger partial charge on any atom is 0.410 e. The zero-order chi connectivity index (χ0) is 29.9. The van der Waals surface area contributed by atoms with Gasteiger partial charge in [0.15, 0.2) is 0 Å². The molecule has 42 heavy (non-hydrogen) atoms. The fourth-order valence-electron chi connectivity index (χ4n) is 5.43. The van der Waals surface area contributed by atoms with Crippen molar-refractivity contribution in [2.24, 2.45) is 7.05 Å². The van der Waals surface area contributed by atoms with Gasteiger partial charge < -0.3 is 23.8 Å². The SMILES string of the molecule is Cn1cnc(C(=O)N(Cc2ccc(F)c(-c3cccc(C4=CCN(C(=O)OC(C)(C)C)CC4)c3)c2)C2CCOCC2)c1. The fourth-order valence-corrected chi connectivity index (χ4v) is 5.43. The second-order valence-electron chi connectivity index (χ2n) is 12.0. The van der Waals surface area contributed by atoms with E-state index >= 15 is 4.39 Å². The number of amides is 2. The minimum atomic E-state index is -0.540. The summed E-state index contributed by atoms with van der Waals surface area (Å²) < 4.78 is 28.0. The van der Waals surface area contributed by atoms with Gasteiger partial charge in [0.1, 0.15) is 17.1 Å². The van der Waals surface area contributed by atoms with Crippen molar-refractivity contribution in [3.05, 3.63) is 83.7 Å². The first kappa shape index (κ1) is 29.5. The molecule has 0 saturated carbocycles. The van der Waals surface area contributed by atoms with E-state index in [1.807, 2.05) is 69.1 Å². The van der Waals surface area contributed by atoms with Gasteiger partial charge in [-0.05, 0) is 80.5 Å². The maximum atomic E-state index is 15.2. The average molecular weight is 575 g/mol. The zero-order valence-electron chi connectivity index (χ0n) is 24.8. The molecule has 2 aromatic carbocycles. The number of carbonyl (C=O) groups excluding carboxylic acids is 2. The Morgan fingerprint density at radius 1 is 1.12 bits per heavy atom.